The van der Waals surface area contributed by atoms with Crippen molar-refractivity contribution in [2.45, 2.75) is 0 Å². The van der Waals surface area contributed by atoms with Crippen molar-refractivity contribution in [1.82, 2.24) is 0 Å². The van der Waals surface area contributed by atoms with Crippen LogP contribution in [0.4, 0.5) is 0 Å². The molecule has 0 fully saturated rings. The molecular formula is C7H2Cl5NO. The quantitative estimate of drug-likeness (QED) is 0.261. The highest BCUT2D eigenvalue weighted by Gasteiger charge is 2.17. The lowest BCUT2D eigenvalue weighted by molar-refractivity contribution is 0.322. The van der Waals surface area contributed by atoms with Crippen LogP contribution in [-0.4, -0.2) is 11.4 Å². The molecule has 1 aromatic rings. The highest BCUT2D eigenvalue weighted by Crippen LogP contribution is 2.43. The second-order valence-electron chi connectivity index (χ2n) is 2.23. The van der Waals surface area contributed by atoms with Crippen molar-refractivity contribution in [1.29, 1.82) is 0 Å². The van der Waals surface area contributed by atoms with Gasteiger partial charge in [0.25, 0.3) is 0 Å². The van der Waals surface area contributed by atoms with E-state index in [-0.39, 0.29) is 30.7 Å². The number of oxime groups is 1. The number of rotatable bonds is 1. The van der Waals surface area contributed by atoms with Crippen molar-refractivity contribution in [2.75, 3.05) is 0 Å². The Morgan fingerprint density at radius 3 is 1.50 bits per heavy atom. The fourth-order valence-corrected chi connectivity index (χ4v) is 2.04. The van der Waals surface area contributed by atoms with E-state index in [2.05, 4.69) is 5.16 Å². The number of hydrogen-bond acceptors (Lipinski definition) is 2. The van der Waals surface area contributed by atoms with E-state index in [0.717, 1.165) is 6.21 Å². The minimum atomic E-state index is 0.0673. The van der Waals surface area contributed by atoms with Crippen LogP contribution in [0.15, 0.2) is 5.16 Å². The van der Waals surface area contributed by atoms with Crippen molar-refractivity contribution < 1.29 is 5.21 Å². The molecule has 0 heterocycles. The van der Waals surface area contributed by atoms with Gasteiger partial charge in [0.2, 0.25) is 0 Å². The lowest BCUT2D eigenvalue weighted by Crippen LogP contribution is -1.89. The van der Waals surface area contributed by atoms with Gasteiger partial charge < -0.3 is 5.21 Å². The fraction of sp³-hybridized carbons (Fsp3) is 0. The SMILES string of the molecule is O/N=C/c1c(Cl)c(Cl)c(Cl)c(Cl)c1Cl. The van der Waals surface area contributed by atoms with E-state index in [4.69, 9.17) is 63.2 Å². The fourth-order valence-electron chi connectivity index (χ4n) is 0.793. The summed E-state index contributed by atoms with van der Waals surface area (Å²) >= 11 is 28.8. The van der Waals surface area contributed by atoms with Crippen molar-refractivity contribution in [3.8, 4) is 0 Å². The van der Waals surface area contributed by atoms with E-state index >= 15 is 0 Å². The molecule has 0 aliphatic carbocycles. The number of benzene rings is 1. The molecule has 0 spiro atoms. The summed E-state index contributed by atoms with van der Waals surface area (Å²) in [7, 11) is 0. The zero-order valence-corrected chi connectivity index (χ0v) is 10.1. The van der Waals surface area contributed by atoms with Crippen molar-refractivity contribution in [3.63, 3.8) is 0 Å². The van der Waals surface area contributed by atoms with Gasteiger partial charge >= 0.3 is 0 Å². The Bertz CT molecular complexity index is 375. The summed E-state index contributed by atoms with van der Waals surface area (Å²) in [4.78, 5) is 0. The van der Waals surface area contributed by atoms with Crippen molar-refractivity contribution in [3.05, 3.63) is 30.7 Å². The maximum atomic E-state index is 8.35. The molecule has 1 aromatic carbocycles. The third-order valence-corrected chi connectivity index (χ3v) is 3.74. The molecule has 0 aromatic heterocycles. The molecule has 7 heteroatoms. The van der Waals surface area contributed by atoms with E-state index in [9.17, 15) is 0 Å². The monoisotopic (exact) mass is 291 g/mol. The van der Waals surface area contributed by atoms with Crippen LogP contribution in [0.1, 0.15) is 5.56 Å². The van der Waals surface area contributed by atoms with Crippen molar-refractivity contribution in [2.24, 2.45) is 5.16 Å². The molecule has 14 heavy (non-hydrogen) atoms. The van der Waals surface area contributed by atoms with Gasteiger partial charge in [0.15, 0.2) is 0 Å². The van der Waals surface area contributed by atoms with Crippen LogP contribution in [0.25, 0.3) is 0 Å². The minimum Gasteiger partial charge on any atom is -0.411 e. The Labute approximate surface area is 105 Å². The number of halogens is 5. The first-order chi connectivity index (χ1) is 6.50. The van der Waals surface area contributed by atoms with Crippen LogP contribution in [0, 0.1) is 0 Å². The molecule has 0 unspecified atom stereocenters. The Kier molecular flexibility index (Phi) is 4.16. The van der Waals surface area contributed by atoms with Gasteiger partial charge in [-0.25, -0.2) is 0 Å². The Morgan fingerprint density at radius 2 is 1.14 bits per heavy atom. The van der Waals surface area contributed by atoms with Gasteiger partial charge in [0.1, 0.15) is 0 Å². The molecule has 1 N–H and O–H groups in total. The van der Waals surface area contributed by atoms with Gasteiger partial charge in [-0.3, -0.25) is 0 Å². The molecule has 0 aliphatic heterocycles. The van der Waals surface area contributed by atoms with Crippen LogP contribution in [0.5, 0.6) is 0 Å². The predicted molar refractivity (Wildman–Crippen MR) is 60.9 cm³/mol. The Hall–Kier alpha value is 0.140. The van der Waals surface area contributed by atoms with Crippen LogP contribution in [0.3, 0.4) is 0 Å². The van der Waals surface area contributed by atoms with E-state index in [1.54, 1.807) is 0 Å². The molecule has 76 valence electrons. The molecule has 0 saturated heterocycles. The largest absolute Gasteiger partial charge is 0.411 e. The maximum absolute atomic E-state index is 8.35. The standard InChI is InChI=1S/C7H2Cl5NO/c8-3-2(1-13-14)4(9)6(11)7(12)5(3)10/h1,14H/b13-1+. The first kappa shape index (κ1) is 12.2. The van der Waals surface area contributed by atoms with Gasteiger partial charge in [-0.15, -0.1) is 0 Å². The Morgan fingerprint density at radius 1 is 0.786 bits per heavy atom. The van der Waals surface area contributed by atoms with Gasteiger partial charge in [-0.05, 0) is 0 Å². The third kappa shape index (κ3) is 2.05. The summed E-state index contributed by atoms with van der Waals surface area (Å²) in [5.41, 5.74) is 0.218. The summed E-state index contributed by atoms with van der Waals surface area (Å²) in [5.74, 6) is 0. The third-order valence-electron chi connectivity index (χ3n) is 1.43. The molecule has 0 atom stereocenters. The average molecular weight is 293 g/mol. The number of hydrogen-bond donors (Lipinski definition) is 1. The molecule has 0 amide bonds. The first-order valence-electron chi connectivity index (χ1n) is 3.19. The van der Waals surface area contributed by atoms with E-state index in [0.29, 0.717) is 0 Å². The first-order valence-corrected chi connectivity index (χ1v) is 5.08. The smallest absolute Gasteiger partial charge is 0.0809 e. The topological polar surface area (TPSA) is 32.6 Å². The highest BCUT2D eigenvalue weighted by molar-refractivity contribution is 6.56. The molecule has 2 nitrogen and oxygen atoms in total. The van der Waals surface area contributed by atoms with Gasteiger partial charge in [0.05, 0.1) is 31.3 Å². The lowest BCUT2D eigenvalue weighted by atomic mass is 10.2. The molecule has 0 saturated carbocycles. The molecular weight excluding hydrogens is 291 g/mol. The van der Waals surface area contributed by atoms with Crippen LogP contribution < -0.4 is 0 Å². The summed E-state index contributed by atoms with van der Waals surface area (Å²) in [5, 5.41) is 11.5. The summed E-state index contributed by atoms with van der Waals surface area (Å²) in [6, 6.07) is 0. The normalized spacial score (nSPS) is 11.2. The zero-order valence-electron chi connectivity index (χ0n) is 6.36. The van der Waals surface area contributed by atoms with Gasteiger partial charge in [-0.1, -0.05) is 63.2 Å². The maximum Gasteiger partial charge on any atom is 0.0809 e. The Balaban J connectivity index is 3.59. The summed E-state index contributed by atoms with van der Waals surface area (Å²) in [6.45, 7) is 0. The van der Waals surface area contributed by atoms with Crippen LogP contribution >= 0.6 is 58.0 Å². The summed E-state index contributed by atoms with van der Waals surface area (Å²) in [6.07, 6.45) is 1.03. The van der Waals surface area contributed by atoms with E-state index in [1.165, 1.54) is 0 Å². The van der Waals surface area contributed by atoms with Crippen molar-refractivity contribution >= 4 is 64.2 Å². The summed E-state index contributed by atoms with van der Waals surface area (Å²) < 4.78 is 0. The lowest BCUT2D eigenvalue weighted by Gasteiger charge is -2.07. The highest BCUT2D eigenvalue weighted by atomic mass is 35.5. The van der Waals surface area contributed by atoms with Crippen LogP contribution in [-0.2, 0) is 0 Å². The minimum absolute atomic E-state index is 0.0673. The number of nitrogens with zero attached hydrogens (tertiary/aromatic N) is 1. The van der Waals surface area contributed by atoms with Gasteiger partial charge in [-0.2, -0.15) is 0 Å². The predicted octanol–water partition coefficient (Wildman–Crippen LogP) is 4.76. The van der Waals surface area contributed by atoms with E-state index < -0.39 is 0 Å². The second kappa shape index (κ2) is 4.77. The average Bonchev–Trinajstić information content (AvgIpc) is 2.19. The molecule has 0 radical (unpaired) electrons. The molecule has 0 aliphatic rings. The second-order valence-corrected chi connectivity index (χ2v) is 4.12. The van der Waals surface area contributed by atoms with E-state index in [1.807, 2.05) is 0 Å². The molecule has 0 bridgehead atoms. The molecule has 1 rings (SSSR count). The van der Waals surface area contributed by atoms with Gasteiger partial charge in [0, 0.05) is 5.56 Å². The van der Waals surface area contributed by atoms with Crippen LogP contribution in [0.2, 0.25) is 25.1 Å². The zero-order chi connectivity index (χ0) is 10.9.